The van der Waals surface area contributed by atoms with Crippen LogP contribution in [0, 0.1) is 0 Å². The maximum atomic E-state index is 6.35. The summed E-state index contributed by atoms with van der Waals surface area (Å²) in [4.78, 5) is 2.40. The molecule has 0 spiro atoms. The molecule has 1 unspecified atom stereocenters. The fourth-order valence-corrected chi connectivity index (χ4v) is 3.09. The Bertz CT molecular complexity index is 480. The van der Waals surface area contributed by atoms with Gasteiger partial charge in [-0.25, -0.2) is 0 Å². The third-order valence-electron chi connectivity index (χ3n) is 3.77. The largest absolute Gasteiger partial charge is 0.486 e. The van der Waals surface area contributed by atoms with Crippen molar-refractivity contribution in [3.05, 3.63) is 22.7 Å². The summed E-state index contributed by atoms with van der Waals surface area (Å²) in [6.45, 7) is 9.22. The maximum absolute atomic E-state index is 6.35. The van der Waals surface area contributed by atoms with Crippen LogP contribution in [0.2, 0.25) is 5.02 Å². The van der Waals surface area contributed by atoms with Crippen LogP contribution in [0.1, 0.15) is 38.8 Å². The second-order valence-electron chi connectivity index (χ2n) is 5.61. The molecule has 4 nitrogen and oxygen atoms in total. The lowest BCUT2D eigenvalue weighted by Crippen LogP contribution is -2.39. The number of nitrogens with zero attached hydrogens (tertiary/aromatic N) is 1. The first-order valence-electron chi connectivity index (χ1n) is 7.63. The van der Waals surface area contributed by atoms with Gasteiger partial charge < -0.3 is 15.2 Å². The maximum Gasteiger partial charge on any atom is 0.179 e. The normalized spacial score (nSPS) is 15.6. The molecule has 0 saturated carbocycles. The minimum Gasteiger partial charge on any atom is -0.486 e. The van der Waals surface area contributed by atoms with Crippen LogP contribution >= 0.6 is 11.6 Å². The van der Waals surface area contributed by atoms with Crippen molar-refractivity contribution in [1.29, 1.82) is 0 Å². The molecule has 0 bridgehead atoms. The Balaban J connectivity index is 2.35. The predicted octanol–water partition coefficient (Wildman–Crippen LogP) is 3.23. The van der Waals surface area contributed by atoms with Gasteiger partial charge in [0.15, 0.2) is 11.5 Å². The zero-order valence-corrected chi connectivity index (χ0v) is 13.8. The van der Waals surface area contributed by atoms with Crippen LogP contribution in [0.15, 0.2) is 12.1 Å². The molecule has 0 amide bonds. The van der Waals surface area contributed by atoms with Crippen molar-refractivity contribution in [2.75, 3.05) is 26.3 Å². The first kappa shape index (κ1) is 16.4. The molecule has 1 aliphatic heterocycles. The topological polar surface area (TPSA) is 47.7 Å². The summed E-state index contributed by atoms with van der Waals surface area (Å²) >= 11 is 6.35. The highest BCUT2D eigenvalue weighted by molar-refractivity contribution is 6.32. The number of halogens is 1. The van der Waals surface area contributed by atoms with E-state index in [9.17, 15) is 0 Å². The molecule has 1 heterocycles. The molecule has 0 aromatic heterocycles. The van der Waals surface area contributed by atoms with Gasteiger partial charge in [-0.2, -0.15) is 0 Å². The first-order chi connectivity index (χ1) is 10.1. The Morgan fingerprint density at radius 1 is 1.29 bits per heavy atom. The highest BCUT2D eigenvalue weighted by Gasteiger charge is 2.25. The molecular formula is C16H25ClN2O2. The third-order valence-corrected chi connectivity index (χ3v) is 4.05. The van der Waals surface area contributed by atoms with Gasteiger partial charge in [-0.1, -0.05) is 18.5 Å². The minimum absolute atomic E-state index is 0.137. The fraction of sp³-hybridized carbons (Fsp3) is 0.625. The Labute approximate surface area is 132 Å². The van der Waals surface area contributed by atoms with Crippen LogP contribution in [0.4, 0.5) is 0 Å². The summed E-state index contributed by atoms with van der Waals surface area (Å²) < 4.78 is 11.2. The lowest BCUT2D eigenvalue weighted by Gasteiger charge is -2.35. The molecule has 2 rings (SSSR count). The number of benzene rings is 1. The van der Waals surface area contributed by atoms with Gasteiger partial charge in [-0.3, -0.25) is 4.90 Å². The predicted molar refractivity (Wildman–Crippen MR) is 86.4 cm³/mol. The van der Waals surface area contributed by atoms with Crippen LogP contribution < -0.4 is 15.2 Å². The number of rotatable bonds is 6. The van der Waals surface area contributed by atoms with Crippen LogP contribution in [-0.4, -0.2) is 37.2 Å². The van der Waals surface area contributed by atoms with Crippen molar-refractivity contribution in [1.82, 2.24) is 4.90 Å². The van der Waals surface area contributed by atoms with Gasteiger partial charge in [0.05, 0.1) is 5.02 Å². The number of hydrogen-bond donors (Lipinski definition) is 1. The van der Waals surface area contributed by atoms with Crippen molar-refractivity contribution in [2.24, 2.45) is 5.73 Å². The number of nitrogens with two attached hydrogens (primary N) is 1. The number of hydrogen-bond acceptors (Lipinski definition) is 4. The molecule has 0 fully saturated rings. The van der Waals surface area contributed by atoms with E-state index in [0.717, 1.165) is 24.3 Å². The Kier molecular flexibility index (Phi) is 5.73. The number of ether oxygens (including phenoxy) is 2. The number of fused-ring (bicyclic) bond motifs is 1. The summed E-state index contributed by atoms with van der Waals surface area (Å²) in [5.41, 5.74) is 7.13. The SMILES string of the molecule is CCCN(C(C)C)C(CN)c1cc(Cl)c2c(c1)OCCO2. The van der Waals surface area contributed by atoms with E-state index in [2.05, 4.69) is 25.7 Å². The molecule has 1 aromatic carbocycles. The van der Waals surface area contributed by atoms with E-state index in [4.69, 9.17) is 26.8 Å². The summed E-state index contributed by atoms with van der Waals surface area (Å²) in [5.74, 6) is 1.37. The Morgan fingerprint density at radius 2 is 2.00 bits per heavy atom. The van der Waals surface area contributed by atoms with Gasteiger partial charge in [0, 0.05) is 18.6 Å². The monoisotopic (exact) mass is 312 g/mol. The molecule has 1 aliphatic rings. The van der Waals surface area contributed by atoms with E-state index >= 15 is 0 Å². The molecule has 0 radical (unpaired) electrons. The summed E-state index contributed by atoms with van der Waals surface area (Å²) in [6, 6.07) is 4.53. The van der Waals surface area contributed by atoms with Crippen LogP contribution in [0.25, 0.3) is 0 Å². The Morgan fingerprint density at radius 3 is 2.62 bits per heavy atom. The highest BCUT2D eigenvalue weighted by atomic mass is 35.5. The lowest BCUT2D eigenvalue weighted by atomic mass is 10.0. The van der Waals surface area contributed by atoms with Crippen molar-refractivity contribution >= 4 is 11.6 Å². The molecule has 5 heteroatoms. The first-order valence-corrected chi connectivity index (χ1v) is 8.01. The van der Waals surface area contributed by atoms with Crippen molar-refractivity contribution < 1.29 is 9.47 Å². The van der Waals surface area contributed by atoms with Gasteiger partial charge >= 0.3 is 0 Å². The fourth-order valence-electron chi connectivity index (χ4n) is 2.82. The van der Waals surface area contributed by atoms with Gasteiger partial charge in [0.25, 0.3) is 0 Å². The van der Waals surface area contributed by atoms with Gasteiger partial charge in [-0.05, 0) is 44.5 Å². The zero-order valence-electron chi connectivity index (χ0n) is 13.1. The molecule has 0 saturated heterocycles. The van der Waals surface area contributed by atoms with E-state index < -0.39 is 0 Å². The van der Waals surface area contributed by atoms with Gasteiger partial charge in [0.1, 0.15) is 13.2 Å². The van der Waals surface area contributed by atoms with Crippen molar-refractivity contribution in [3.63, 3.8) is 0 Å². The van der Waals surface area contributed by atoms with Crippen LogP contribution in [0.3, 0.4) is 0 Å². The second-order valence-corrected chi connectivity index (χ2v) is 6.02. The smallest absolute Gasteiger partial charge is 0.179 e. The lowest BCUT2D eigenvalue weighted by molar-refractivity contribution is 0.154. The summed E-state index contributed by atoms with van der Waals surface area (Å²) in [6.07, 6.45) is 1.09. The third kappa shape index (κ3) is 3.62. The van der Waals surface area contributed by atoms with Crippen LogP contribution in [-0.2, 0) is 0 Å². The molecule has 0 aliphatic carbocycles. The molecule has 1 aromatic rings. The van der Waals surface area contributed by atoms with Gasteiger partial charge in [0.2, 0.25) is 0 Å². The van der Waals surface area contributed by atoms with E-state index in [1.165, 1.54) is 0 Å². The molecule has 1 atom stereocenters. The average molecular weight is 313 g/mol. The zero-order chi connectivity index (χ0) is 15.4. The standard InChI is InChI=1S/C16H25ClN2O2/c1-4-5-19(11(2)3)14(10-18)12-8-13(17)16-15(9-12)20-6-7-21-16/h8-9,11,14H,4-7,10,18H2,1-3H3. The van der Waals surface area contributed by atoms with Crippen LogP contribution in [0.5, 0.6) is 11.5 Å². The minimum atomic E-state index is 0.137. The van der Waals surface area contributed by atoms with E-state index in [-0.39, 0.29) is 6.04 Å². The quantitative estimate of drug-likeness (QED) is 0.876. The summed E-state index contributed by atoms with van der Waals surface area (Å²) in [7, 11) is 0. The van der Waals surface area contributed by atoms with E-state index in [1.807, 2.05) is 12.1 Å². The highest BCUT2D eigenvalue weighted by Crippen LogP contribution is 2.40. The second kappa shape index (κ2) is 7.34. The van der Waals surface area contributed by atoms with Crippen molar-refractivity contribution in [3.8, 4) is 11.5 Å². The summed E-state index contributed by atoms with van der Waals surface area (Å²) in [5, 5.41) is 0.598. The average Bonchev–Trinajstić information content (AvgIpc) is 2.47. The molecule has 118 valence electrons. The van der Waals surface area contributed by atoms with Crippen molar-refractivity contribution in [2.45, 2.75) is 39.3 Å². The van der Waals surface area contributed by atoms with E-state index in [0.29, 0.717) is 36.6 Å². The van der Waals surface area contributed by atoms with E-state index in [1.54, 1.807) is 0 Å². The molecular weight excluding hydrogens is 288 g/mol. The molecule has 2 N–H and O–H groups in total. The van der Waals surface area contributed by atoms with Gasteiger partial charge in [-0.15, -0.1) is 0 Å². The molecule has 21 heavy (non-hydrogen) atoms. The Hall–Kier alpha value is -0.970.